The van der Waals surface area contributed by atoms with Gasteiger partial charge in [0, 0.05) is 13.3 Å². The van der Waals surface area contributed by atoms with Crippen LogP contribution in [0.25, 0.3) is 0 Å². The first-order valence-electron chi connectivity index (χ1n) is 6.70. The van der Waals surface area contributed by atoms with E-state index in [9.17, 15) is 14.4 Å². The van der Waals surface area contributed by atoms with Crippen LogP contribution in [0.15, 0.2) is 11.8 Å². The van der Waals surface area contributed by atoms with Gasteiger partial charge in [-0.05, 0) is 26.3 Å². The van der Waals surface area contributed by atoms with E-state index in [4.69, 9.17) is 14.2 Å². The molecule has 1 aliphatic rings. The second-order valence-corrected chi connectivity index (χ2v) is 4.42. The molecule has 6 nitrogen and oxygen atoms in total. The molecule has 0 spiro atoms. The van der Waals surface area contributed by atoms with Crippen molar-refractivity contribution in [3.05, 3.63) is 11.8 Å². The van der Waals surface area contributed by atoms with Crippen LogP contribution in [-0.4, -0.2) is 31.1 Å². The predicted molar refractivity (Wildman–Crippen MR) is 69.3 cm³/mol. The third kappa shape index (κ3) is 4.36. The van der Waals surface area contributed by atoms with Gasteiger partial charge in [0.25, 0.3) is 0 Å². The van der Waals surface area contributed by atoms with Gasteiger partial charge in [-0.3, -0.25) is 14.4 Å². The molecule has 1 aliphatic carbocycles. The van der Waals surface area contributed by atoms with Gasteiger partial charge in [-0.2, -0.15) is 0 Å². The third-order valence-corrected chi connectivity index (χ3v) is 2.96. The van der Waals surface area contributed by atoms with Crippen LogP contribution in [0.4, 0.5) is 0 Å². The number of esters is 3. The smallest absolute Gasteiger partial charge is 0.310 e. The normalized spacial score (nSPS) is 21.6. The monoisotopic (exact) mass is 284 g/mol. The quantitative estimate of drug-likeness (QED) is 0.563. The molecule has 0 N–H and O–H groups in total. The molecule has 6 heteroatoms. The molecule has 112 valence electrons. The lowest BCUT2D eigenvalue weighted by Gasteiger charge is -2.27. The number of ether oxygens (including phenoxy) is 3. The van der Waals surface area contributed by atoms with Gasteiger partial charge in [0.05, 0.1) is 25.0 Å². The van der Waals surface area contributed by atoms with Gasteiger partial charge >= 0.3 is 17.9 Å². The summed E-state index contributed by atoms with van der Waals surface area (Å²) in [7, 11) is 0. The molecule has 2 unspecified atom stereocenters. The predicted octanol–water partition coefficient (Wildman–Crippen LogP) is 1.59. The molecule has 1 rings (SSSR count). The van der Waals surface area contributed by atoms with E-state index in [0.717, 1.165) is 0 Å². The molecule has 0 aromatic heterocycles. The Morgan fingerprint density at radius 2 is 1.65 bits per heavy atom. The van der Waals surface area contributed by atoms with Gasteiger partial charge in [-0.1, -0.05) is 0 Å². The van der Waals surface area contributed by atoms with Crippen LogP contribution in [0.2, 0.25) is 0 Å². The van der Waals surface area contributed by atoms with Crippen molar-refractivity contribution < 1.29 is 28.6 Å². The van der Waals surface area contributed by atoms with E-state index in [2.05, 4.69) is 0 Å². The van der Waals surface area contributed by atoms with Gasteiger partial charge in [-0.15, -0.1) is 0 Å². The molecule has 20 heavy (non-hydrogen) atoms. The van der Waals surface area contributed by atoms with Gasteiger partial charge in [0.2, 0.25) is 0 Å². The first kappa shape index (κ1) is 16.2. The fraction of sp³-hybridized carbons (Fsp3) is 0.643. The van der Waals surface area contributed by atoms with Gasteiger partial charge < -0.3 is 14.2 Å². The molecule has 0 heterocycles. The van der Waals surface area contributed by atoms with E-state index in [-0.39, 0.29) is 19.6 Å². The number of carbonyl (C=O) groups is 3. The highest BCUT2D eigenvalue weighted by Crippen LogP contribution is 2.32. The lowest BCUT2D eigenvalue weighted by molar-refractivity contribution is -0.161. The van der Waals surface area contributed by atoms with Crippen molar-refractivity contribution in [3.8, 4) is 0 Å². The zero-order chi connectivity index (χ0) is 15.1. The van der Waals surface area contributed by atoms with Crippen LogP contribution in [0.3, 0.4) is 0 Å². The summed E-state index contributed by atoms with van der Waals surface area (Å²) in [4.78, 5) is 34.8. The Kier molecular flexibility index (Phi) is 6.21. The van der Waals surface area contributed by atoms with Crippen molar-refractivity contribution in [1.82, 2.24) is 0 Å². The van der Waals surface area contributed by atoms with Crippen molar-refractivity contribution >= 4 is 17.9 Å². The summed E-state index contributed by atoms with van der Waals surface area (Å²) < 4.78 is 15.0. The Hall–Kier alpha value is -1.85. The molecule has 0 aromatic rings. The van der Waals surface area contributed by atoms with Crippen molar-refractivity contribution in [2.75, 3.05) is 13.2 Å². The van der Waals surface area contributed by atoms with Gasteiger partial charge in [-0.25, -0.2) is 0 Å². The number of allylic oxidation sites excluding steroid dienone is 2. The molecule has 0 amide bonds. The van der Waals surface area contributed by atoms with E-state index >= 15 is 0 Å². The summed E-state index contributed by atoms with van der Waals surface area (Å²) in [6, 6.07) is 0. The molecule has 0 fully saturated rings. The SMILES string of the molecule is CCOC(=O)C1CC=C(OC(C)=O)CC1C(=O)OCC. The van der Waals surface area contributed by atoms with Crippen LogP contribution in [-0.2, 0) is 28.6 Å². The van der Waals surface area contributed by atoms with E-state index < -0.39 is 29.7 Å². The molecule has 0 aliphatic heterocycles. The summed E-state index contributed by atoms with van der Waals surface area (Å²) in [5.74, 6) is -2.21. The summed E-state index contributed by atoms with van der Waals surface area (Å²) in [6.45, 7) is 5.18. The Balaban J connectivity index is 2.86. The summed E-state index contributed by atoms with van der Waals surface area (Å²) in [5, 5.41) is 0. The standard InChI is InChI=1S/C14H20O6/c1-4-18-13(16)11-7-6-10(20-9(3)15)8-12(11)14(17)19-5-2/h6,11-12H,4-5,7-8H2,1-3H3. The summed E-state index contributed by atoms with van der Waals surface area (Å²) >= 11 is 0. The second-order valence-electron chi connectivity index (χ2n) is 4.42. The van der Waals surface area contributed by atoms with Crippen molar-refractivity contribution in [2.24, 2.45) is 11.8 Å². The van der Waals surface area contributed by atoms with Crippen LogP contribution < -0.4 is 0 Å². The Bertz CT molecular complexity index is 412. The van der Waals surface area contributed by atoms with Crippen LogP contribution >= 0.6 is 0 Å². The average molecular weight is 284 g/mol. The van der Waals surface area contributed by atoms with Crippen LogP contribution in [0.5, 0.6) is 0 Å². The molecule has 0 aromatic carbocycles. The fourth-order valence-corrected chi connectivity index (χ4v) is 2.14. The Labute approximate surface area is 118 Å². The van der Waals surface area contributed by atoms with Crippen LogP contribution in [0, 0.1) is 11.8 Å². The second kappa shape index (κ2) is 7.67. The minimum atomic E-state index is -0.673. The molecule has 0 saturated carbocycles. The minimum absolute atomic E-state index is 0.169. The van der Waals surface area contributed by atoms with Crippen LogP contribution in [0.1, 0.15) is 33.6 Å². The minimum Gasteiger partial charge on any atom is -0.466 e. The maximum absolute atomic E-state index is 12.0. The molecule has 0 bridgehead atoms. The maximum atomic E-state index is 12.0. The van der Waals surface area contributed by atoms with E-state index in [1.165, 1.54) is 6.92 Å². The van der Waals surface area contributed by atoms with E-state index in [1.807, 2.05) is 0 Å². The lowest BCUT2D eigenvalue weighted by atomic mass is 9.82. The molecular weight excluding hydrogens is 264 g/mol. The van der Waals surface area contributed by atoms with E-state index in [1.54, 1.807) is 19.9 Å². The zero-order valence-electron chi connectivity index (χ0n) is 12.0. The number of hydrogen-bond donors (Lipinski definition) is 0. The third-order valence-electron chi connectivity index (χ3n) is 2.96. The largest absolute Gasteiger partial charge is 0.466 e. The molecule has 0 saturated heterocycles. The first-order chi connectivity index (χ1) is 9.49. The fourth-order valence-electron chi connectivity index (χ4n) is 2.14. The Morgan fingerprint density at radius 1 is 1.10 bits per heavy atom. The topological polar surface area (TPSA) is 78.9 Å². The number of hydrogen-bond acceptors (Lipinski definition) is 6. The van der Waals surface area contributed by atoms with E-state index in [0.29, 0.717) is 12.2 Å². The molecule has 0 radical (unpaired) electrons. The number of carbonyl (C=O) groups excluding carboxylic acids is 3. The maximum Gasteiger partial charge on any atom is 0.310 e. The summed E-state index contributed by atoms with van der Waals surface area (Å²) in [6.07, 6.45) is 2.12. The summed E-state index contributed by atoms with van der Waals surface area (Å²) in [5.41, 5.74) is 0. The number of rotatable bonds is 5. The zero-order valence-corrected chi connectivity index (χ0v) is 12.0. The highest BCUT2D eigenvalue weighted by Gasteiger charge is 2.39. The van der Waals surface area contributed by atoms with Crippen molar-refractivity contribution in [2.45, 2.75) is 33.6 Å². The highest BCUT2D eigenvalue weighted by molar-refractivity contribution is 5.83. The van der Waals surface area contributed by atoms with Gasteiger partial charge in [0.1, 0.15) is 5.76 Å². The molecule has 2 atom stereocenters. The van der Waals surface area contributed by atoms with Crippen molar-refractivity contribution in [3.63, 3.8) is 0 Å². The van der Waals surface area contributed by atoms with Gasteiger partial charge in [0.15, 0.2) is 0 Å². The van der Waals surface area contributed by atoms with Crippen molar-refractivity contribution in [1.29, 1.82) is 0 Å². The molecular formula is C14H20O6. The first-order valence-corrected chi connectivity index (χ1v) is 6.70. The average Bonchev–Trinajstić information content (AvgIpc) is 2.38. The lowest BCUT2D eigenvalue weighted by Crippen LogP contribution is -2.35. The Morgan fingerprint density at radius 3 is 2.15 bits per heavy atom. The highest BCUT2D eigenvalue weighted by atomic mass is 16.5.